The number of fused-ring (bicyclic) bond motifs is 1. The monoisotopic (exact) mass is 470 g/mol. The molecule has 0 radical (unpaired) electrons. The fraction of sp³-hybridized carbons (Fsp3) is 0.105. The van der Waals surface area contributed by atoms with Gasteiger partial charge in [-0.3, -0.25) is 5.10 Å². The van der Waals surface area contributed by atoms with Crippen LogP contribution in [0, 0.1) is 0 Å². The Bertz CT molecular complexity index is 1240. The van der Waals surface area contributed by atoms with E-state index in [0.717, 1.165) is 22.0 Å². The molecular weight excluding hydrogens is 455 g/mol. The van der Waals surface area contributed by atoms with Crippen molar-refractivity contribution in [3.8, 4) is 11.1 Å². The van der Waals surface area contributed by atoms with Gasteiger partial charge in [-0.05, 0) is 34.9 Å². The van der Waals surface area contributed by atoms with Gasteiger partial charge in [0.1, 0.15) is 0 Å². The summed E-state index contributed by atoms with van der Waals surface area (Å²) in [5, 5.41) is 12.5. The van der Waals surface area contributed by atoms with E-state index >= 15 is 0 Å². The van der Waals surface area contributed by atoms with Crippen molar-refractivity contribution >= 4 is 62.4 Å². The summed E-state index contributed by atoms with van der Waals surface area (Å²) in [5.74, 6) is 0.439. The molecule has 10 heteroatoms. The minimum atomic E-state index is -4.10. The van der Waals surface area contributed by atoms with E-state index in [2.05, 4.69) is 10.2 Å². The number of rotatable bonds is 3. The molecule has 152 valence electrons. The van der Waals surface area contributed by atoms with Gasteiger partial charge in [0.25, 0.3) is 0 Å². The second-order valence-electron chi connectivity index (χ2n) is 6.56. The Morgan fingerprint density at radius 2 is 1.76 bits per heavy atom. The Kier molecular flexibility index (Phi) is 5.73. The quantitative estimate of drug-likeness (QED) is 0.500. The summed E-state index contributed by atoms with van der Waals surface area (Å²) >= 11 is 12.5. The van der Waals surface area contributed by atoms with Crippen LogP contribution < -0.4 is 10.9 Å². The molecule has 1 aliphatic rings. The van der Waals surface area contributed by atoms with Gasteiger partial charge in [-0.25, -0.2) is 13.6 Å². The molecule has 0 spiro atoms. The highest BCUT2D eigenvalue weighted by Crippen LogP contribution is 2.44. The molecule has 0 saturated heterocycles. The number of anilines is 1. The van der Waals surface area contributed by atoms with Crippen molar-refractivity contribution < 1.29 is 8.42 Å². The number of hydrogen-bond acceptors (Lipinski definition) is 4. The Morgan fingerprint density at radius 1 is 1.10 bits per heavy atom. The van der Waals surface area contributed by atoms with Crippen molar-refractivity contribution in [3.05, 3.63) is 71.3 Å². The molecule has 1 aromatic heterocycles. The lowest BCUT2D eigenvalue weighted by Gasteiger charge is -2.35. The van der Waals surface area contributed by atoms with E-state index in [9.17, 15) is 8.42 Å². The Labute approximate surface area is 184 Å². The number of nitrogen functional groups attached to an aromatic ring is 1. The van der Waals surface area contributed by atoms with Crippen molar-refractivity contribution in [3.63, 3.8) is 0 Å². The summed E-state index contributed by atoms with van der Waals surface area (Å²) in [6.45, 7) is 0. The highest BCUT2D eigenvalue weighted by molar-refractivity contribution is 7.90. The van der Waals surface area contributed by atoms with E-state index in [1.807, 2.05) is 30.3 Å². The maximum absolute atomic E-state index is 12.5. The zero-order valence-corrected chi connectivity index (χ0v) is 18.0. The van der Waals surface area contributed by atoms with Gasteiger partial charge < -0.3 is 5.73 Å². The number of primary sulfonamides is 1. The topological polar surface area (TPSA) is 115 Å². The summed E-state index contributed by atoms with van der Waals surface area (Å²) < 4.78 is 23.4. The van der Waals surface area contributed by atoms with E-state index in [1.165, 1.54) is 6.08 Å². The molecule has 1 heterocycles. The Hall–Kier alpha value is -2.03. The van der Waals surface area contributed by atoms with Gasteiger partial charge in [0.05, 0.1) is 10.9 Å². The zero-order chi connectivity index (χ0) is 20.1. The molecule has 0 amide bonds. The lowest BCUT2D eigenvalue weighted by atomic mass is 9.89. The van der Waals surface area contributed by atoms with Gasteiger partial charge >= 0.3 is 0 Å². The van der Waals surface area contributed by atoms with Crippen LogP contribution in [0.15, 0.2) is 65.7 Å². The number of hydrogen-bond donors (Lipinski definition) is 3. The maximum Gasteiger partial charge on any atom is 0.224 e. The van der Waals surface area contributed by atoms with Crippen LogP contribution in [0.3, 0.4) is 0 Å². The van der Waals surface area contributed by atoms with Crippen LogP contribution in [-0.4, -0.2) is 24.0 Å². The molecule has 2 unspecified atom stereocenters. The first-order valence-corrected chi connectivity index (χ1v) is 10.7. The van der Waals surface area contributed by atoms with E-state index in [1.54, 1.807) is 24.3 Å². The van der Waals surface area contributed by atoms with E-state index in [0.29, 0.717) is 11.4 Å². The molecule has 2 aromatic carbocycles. The molecule has 0 aliphatic heterocycles. The largest absolute Gasteiger partial charge is 0.382 e. The number of nitrogens with zero attached hydrogens (tertiary/aromatic N) is 1. The minimum absolute atomic E-state index is 0. The molecule has 2 atom stereocenters. The number of benzene rings is 2. The van der Waals surface area contributed by atoms with E-state index in [4.69, 9.17) is 34.1 Å². The summed E-state index contributed by atoms with van der Waals surface area (Å²) in [7, 11) is -4.10. The van der Waals surface area contributed by atoms with Crippen molar-refractivity contribution in [2.45, 2.75) is 10.1 Å². The van der Waals surface area contributed by atoms with Crippen LogP contribution in [0.5, 0.6) is 0 Å². The average Bonchev–Trinajstić information content (AvgIpc) is 3.04. The fourth-order valence-electron chi connectivity index (χ4n) is 3.45. The van der Waals surface area contributed by atoms with Gasteiger partial charge in [0.15, 0.2) is 10.6 Å². The number of H-pyrrole nitrogens is 1. The first-order valence-electron chi connectivity index (χ1n) is 8.30. The molecule has 3 aromatic rings. The fourth-order valence-corrected chi connectivity index (χ4v) is 5.55. The summed E-state index contributed by atoms with van der Waals surface area (Å²) in [6.07, 6.45) is 4.58. The van der Waals surface area contributed by atoms with Gasteiger partial charge in [-0.1, -0.05) is 54.1 Å². The van der Waals surface area contributed by atoms with Gasteiger partial charge in [0.2, 0.25) is 10.0 Å². The number of allylic oxidation sites excluding steroid dienone is 3. The molecule has 0 bridgehead atoms. The third-order valence-corrected chi connectivity index (χ3v) is 7.66. The first-order chi connectivity index (χ1) is 13.2. The normalized spacial score (nSPS) is 21.6. The third-order valence-electron chi connectivity index (χ3n) is 4.95. The second-order valence-corrected chi connectivity index (χ2v) is 9.20. The van der Waals surface area contributed by atoms with E-state index in [-0.39, 0.29) is 17.4 Å². The first kappa shape index (κ1) is 21.7. The number of aromatic amines is 1. The number of aromatic nitrogens is 2. The van der Waals surface area contributed by atoms with Crippen LogP contribution in [0.2, 0.25) is 0 Å². The Balaban J connectivity index is 0.00000240. The summed E-state index contributed by atoms with van der Waals surface area (Å²) in [5.41, 5.74) is 8.86. The smallest absolute Gasteiger partial charge is 0.224 e. The molecule has 0 fully saturated rings. The number of alkyl halides is 1. The third kappa shape index (κ3) is 3.43. The van der Waals surface area contributed by atoms with Crippen molar-refractivity contribution in [1.82, 2.24) is 10.2 Å². The van der Waals surface area contributed by atoms with Crippen LogP contribution in [-0.2, 0) is 14.8 Å². The predicted molar refractivity (Wildman–Crippen MR) is 121 cm³/mol. The molecule has 4 rings (SSSR count). The van der Waals surface area contributed by atoms with Crippen molar-refractivity contribution in [1.29, 1.82) is 0 Å². The highest BCUT2D eigenvalue weighted by Gasteiger charge is 2.49. The van der Waals surface area contributed by atoms with E-state index < -0.39 is 20.1 Å². The minimum Gasteiger partial charge on any atom is -0.382 e. The predicted octanol–water partition coefficient (Wildman–Crippen LogP) is 4.02. The van der Waals surface area contributed by atoms with Crippen molar-refractivity contribution in [2.75, 3.05) is 5.73 Å². The second kappa shape index (κ2) is 7.66. The maximum atomic E-state index is 12.5. The number of sulfonamides is 1. The molecule has 0 saturated carbocycles. The summed E-state index contributed by atoms with van der Waals surface area (Å²) in [4.78, 5) is 0. The number of halogens is 3. The van der Waals surface area contributed by atoms with Gasteiger partial charge in [0, 0.05) is 10.4 Å². The van der Waals surface area contributed by atoms with Crippen LogP contribution in [0.4, 0.5) is 5.82 Å². The van der Waals surface area contributed by atoms with Crippen LogP contribution in [0.1, 0.15) is 5.56 Å². The van der Waals surface area contributed by atoms with Crippen molar-refractivity contribution in [2.24, 2.45) is 5.14 Å². The lowest BCUT2D eigenvalue weighted by Crippen LogP contribution is -2.47. The highest BCUT2D eigenvalue weighted by atomic mass is 35.5. The molecule has 1 aliphatic carbocycles. The number of nitrogens with one attached hydrogen (secondary N) is 1. The molecule has 5 N–H and O–H groups in total. The zero-order valence-electron chi connectivity index (χ0n) is 14.8. The van der Waals surface area contributed by atoms with Crippen LogP contribution >= 0.6 is 35.6 Å². The summed E-state index contributed by atoms with van der Waals surface area (Å²) in [6, 6.07) is 12.7. The van der Waals surface area contributed by atoms with Crippen LogP contribution in [0.25, 0.3) is 22.0 Å². The lowest BCUT2D eigenvalue weighted by molar-refractivity contribution is 0.560. The molecular formula is C19H17Cl3N4O2S. The SMILES string of the molecule is Cl.Nc1n[nH]c2cc(-c3ccc(C4(S(N)(=O)=O)C=CC=C(Cl)C4Cl)cc3)ccc12. The average molecular weight is 472 g/mol. The van der Waals surface area contributed by atoms with Gasteiger partial charge in [-0.2, -0.15) is 5.10 Å². The van der Waals surface area contributed by atoms with Gasteiger partial charge in [-0.15, -0.1) is 24.0 Å². The molecule has 6 nitrogen and oxygen atoms in total. The standard InChI is InChI=1S/C19H16Cl2N4O2S.ClH/c20-15-2-1-9-19(17(15)21,28(23,26)27)13-6-3-11(4-7-13)12-5-8-14-16(10-12)24-25-18(14)22;/h1-10,17H,(H3,22,24,25)(H2,23,26,27);1H. The molecule has 29 heavy (non-hydrogen) atoms. The number of nitrogens with two attached hydrogens (primary N) is 2. The Morgan fingerprint density at radius 3 is 2.41 bits per heavy atom.